The number of aromatic nitrogens is 4. The lowest BCUT2D eigenvalue weighted by Gasteiger charge is -2.05. The number of nitrogens with two attached hydrogens (primary N) is 1. The first-order valence-electron chi connectivity index (χ1n) is 6.11. The zero-order chi connectivity index (χ0) is 13.3. The highest BCUT2D eigenvalue weighted by Gasteiger charge is 2.16. The van der Waals surface area contributed by atoms with E-state index >= 15 is 0 Å². The molecule has 2 rings (SSSR count). The van der Waals surface area contributed by atoms with E-state index in [0.717, 1.165) is 23.3 Å². The number of nitrogen functional groups attached to an aromatic ring is 1. The maximum Gasteiger partial charge on any atom is 0.202 e. The van der Waals surface area contributed by atoms with Crippen molar-refractivity contribution in [3.8, 4) is 0 Å². The van der Waals surface area contributed by atoms with Gasteiger partial charge in [-0.3, -0.25) is 13.5 Å². The van der Waals surface area contributed by atoms with Gasteiger partial charge < -0.3 is 5.73 Å². The first kappa shape index (κ1) is 13.1. The summed E-state index contributed by atoms with van der Waals surface area (Å²) >= 11 is 0. The van der Waals surface area contributed by atoms with Crippen LogP contribution in [0.2, 0.25) is 0 Å². The van der Waals surface area contributed by atoms with Gasteiger partial charge in [-0.05, 0) is 6.42 Å². The second-order valence-corrected chi connectivity index (χ2v) is 6.02. The summed E-state index contributed by atoms with van der Waals surface area (Å²) in [4.78, 5) is 4.37. The molecule has 0 fully saturated rings. The van der Waals surface area contributed by atoms with E-state index in [2.05, 4.69) is 10.1 Å². The Morgan fingerprint density at radius 2 is 2.11 bits per heavy atom. The molecule has 0 spiro atoms. The first-order chi connectivity index (χ1) is 8.58. The molecule has 0 amide bonds. The summed E-state index contributed by atoms with van der Waals surface area (Å²) in [5.41, 5.74) is 8.66. The van der Waals surface area contributed by atoms with Crippen molar-refractivity contribution in [2.75, 3.05) is 17.2 Å². The second-order valence-electron chi connectivity index (χ2n) is 4.15. The number of fused-ring (bicyclic) bond motifs is 1. The minimum atomic E-state index is -0.798. The maximum atomic E-state index is 11.5. The summed E-state index contributed by atoms with van der Waals surface area (Å²) in [6.07, 6.45) is 0.828. The molecule has 0 saturated heterocycles. The largest absolute Gasteiger partial charge is 0.369 e. The van der Waals surface area contributed by atoms with Crippen molar-refractivity contribution >= 4 is 27.9 Å². The predicted molar refractivity (Wildman–Crippen MR) is 73.8 cm³/mol. The molecule has 2 aromatic heterocycles. The average Bonchev–Trinajstić information content (AvgIpc) is 2.84. The fourth-order valence-electron chi connectivity index (χ4n) is 2.05. The van der Waals surface area contributed by atoms with Crippen LogP contribution in [0.3, 0.4) is 0 Å². The number of hydrogen-bond acceptors (Lipinski definition) is 4. The van der Waals surface area contributed by atoms with E-state index in [1.54, 1.807) is 4.68 Å². The van der Waals surface area contributed by atoms with Crippen molar-refractivity contribution in [3.63, 3.8) is 0 Å². The molecule has 1 unspecified atom stereocenters. The van der Waals surface area contributed by atoms with Gasteiger partial charge >= 0.3 is 0 Å². The normalized spacial score (nSPS) is 13.3. The minimum Gasteiger partial charge on any atom is -0.369 e. The summed E-state index contributed by atoms with van der Waals surface area (Å²) in [7, 11) is 1.09. The number of anilines is 1. The lowest BCUT2D eigenvalue weighted by atomic mass is 10.3. The van der Waals surface area contributed by atoms with Gasteiger partial charge in [-0.2, -0.15) is 5.10 Å². The molecule has 0 aliphatic heterocycles. The van der Waals surface area contributed by atoms with E-state index in [0.29, 0.717) is 24.0 Å². The summed E-state index contributed by atoms with van der Waals surface area (Å²) in [6.45, 7) is 4.58. The molecule has 2 N–H and O–H groups in total. The molecule has 0 bridgehead atoms. The fourth-order valence-corrected chi connectivity index (χ4v) is 2.73. The number of aryl methyl sites for hydroxylation is 3. The molecule has 0 aliphatic carbocycles. The Hall–Kier alpha value is -1.37. The Labute approximate surface area is 109 Å². The Kier molecular flexibility index (Phi) is 3.70. The highest BCUT2D eigenvalue weighted by molar-refractivity contribution is 7.84. The number of rotatable bonds is 5. The van der Waals surface area contributed by atoms with Crippen molar-refractivity contribution in [1.29, 1.82) is 0 Å². The van der Waals surface area contributed by atoms with Crippen LogP contribution in [-0.4, -0.2) is 35.0 Å². The van der Waals surface area contributed by atoms with Crippen LogP contribution in [-0.2, 0) is 30.8 Å². The summed E-state index contributed by atoms with van der Waals surface area (Å²) in [5, 5.41) is 4.42. The zero-order valence-corrected chi connectivity index (χ0v) is 11.8. The van der Waals surface area contributed by atoms with Gasteiger partial charge in [0.15, 0.2) is 5.65 Å². The molecule has 18 heavy (non-hydrogen) atoms. The lowest BCUT2D eigenvalue weighted by molar-refractivity contribution is 0.671. The predicted octanol–water partition coefficient (Wildman–Crippen LogP) is 0.683. The molecule has 6 nitrogen and oxygen atoms in total. The van der Waals surface area contributed by atoms with Crippen LogP contribution in [0.25, 0.3) is 11.2 Å². The molecule has 0 aliphatic rings. The van der Waals surface area contributed by atoms with Gasteiger partial charge in [-0.15, -0.1) is 0 Å². The number of hydrogen-bond donors (Lipinski definition) is 1. The van der Waals surface area contributed by atoms with E-state index < -0.39 is 10.8 Å². The molecule has 2 aromatic rings. The van der Waals surface area contributed by atoms with Crippen LogP contribution < -0.4 is 5.73 Å². The highest BCUT2D eigenvalue weighted by Crippen LogP contribution is 2.21. The molecule has 0 radical (unpaired) electrons. The van der Waals surface area contributed by atoms with Gasteiger partial charge in [-0.1, -0.05) is 13.8 Å². The smallest absolute Gasteiger partial charge is 0.202 e. The monoisotopic (exact) mass is 269 g/mol. The van der Waals surface area contributed by atoms with Crippen LogP contribution in [0.5, 0.6) is 0 Å². The van der Waals surface area contributed by atoms with Gasteiger partial charge in [0.2, 0.25) is 5.95 Å². The lowest BCUT2D eigenvalue weighted by Crippen LogP contribution is -2.13. The molecule has 100 valence electrons. The van der Waals surface area contributed by atoms with Crippen LogP contribution >= 0.6 is 0 Å². The molecule has 2 heterocycles. The molecule has 0 aromatic carbocycles. The van der Waals surface area contributed by atoms with E-state index in [4.69, 9.17) is 5.73 Å². The minimum absolute atomic E-state index is 0.473. The zero-order valence-electron chi connectivity index (χ0n) is 11.0. The van der Waals surface area contributed by atoms with Crippen LogP contribution in [0.15, 0.2) is 0 Å². The van der Waals surface area contributed by atoms with Gasteiger partial charge in [0, 0.05) is 35.9 Å². The van der Waals surface area contributed by atoms with E-state index in [1.807, 2.05) is 25.5 Å². The van der Waals surface area contributed by atoms with Crippen molar-refractivity contribution in [3.05, 3.63) is 5.69 Å². The van der Waals surface area contributed by atoms with Gasteiger partial charge in [0.05, 0.1) is 5.69 Å². The quantitative estimate of drug-likeness (QED) is 0.866. The SMILES string of the molecule is CCc1nn(C)c2c1nc(N)n2CCS(=O)CC. The summed E-state index contributed by atoms with van der Waals surface area (Å²) < 4.78 is 15.2. The Balaban J connectivity index is 2.40. The average molecular weight is 269 g/mol. The van der Waals surface area contributed by atoms with Gasteiger partial charge in [-0.25, -0.2) is 4.98 Å². The third-order valence-electron chi connectivity index (χ3n) is 3.02. The van der Waals surface area contributed by atoms with Gasteiger partial charge in [0.25, 0.3) is 0 Å². The third kappa shape index (κ3) is 2.14. The number of nitrogens with zero attached hydrogens (tertiary/aromatic N) is 4. The fraction of sp³-hybridized carbons (Fsp3) is 0.636. The standard InChI is InChI=1S/C11H19N5OS/c1-4-8-9-10(15(3)14-8)16(11(12)13-9)6-7-18(17)5-2/h4-7H2,1-3H3,(H2,12,13). The highest BCUT2D eigenvalue weighted by atomic mass is 32.2. The number of imidazole rings is 1. The van der Waals surface area contributed by atoms with E-state index in [9.17, 15) is 4.21 Å². The van der Waals surface area contributed by atoms with E-state index in [1.165, 1.54) is 0 Å². The maximum absolute atomic E-state index is 11.5. The van der Waals surface area contributed by atoms with Crippen LogP contribution in [0.4, 0.5) is 5.95 Å². The van der Waals surface area contributed by atoms with Crippen molar-refractivity contribution in [2.24, 2.45) is 7.05 Å². The van der Waals surface area contributed by atoms with E-state index in [-0.39, 0.29) is 0 Å². The first-order valence-corrected chi connectivity index (χ1v) is 7.59. The van der Waals surface area contributed by atoms with Crippen LogP contribution in [0, 0.1) is 0 Å². The van der Waals surface area contributed by atoms with Crippen molar-refractivity contribution in [1.82, 2.24) is 19.3 Å². The topological polar surface area (TPSA) is 78.7 Å². The van der Waals surface area contributed by atoms with Crippen molar-refractivity contribution < 1.29 is 4.21 Å². The molecule has 1 atom stereocenters. The third-order valence-corrected chi connectivity index (χ3v) is 4.30. The molecular formula is C11H19N5OS. The van der Waals surface area contributed by atoms with Crippen molar-refractivity contribution in [2.45, 2.75) is 26.8 Å². The second kappa shape index (κ2) is 5.09. The molecule has 7 heteroatoms. The Bertz CT molecular complexity index is 586. The van der Waals surface area contributed by atoms with Gasteiger partial charge in [0.1, 0.15) is 5.52 Å². The van der Waals surface area contributed by atoms with Crippen LogP contribution in [0.1, 0.15) is 19.5 Å². The summed E-state index contributed by atoms with van der Waals surface area (Å²) in [5.74, 6) is 1.74. The Morgan fingerprint density at radius 1 is 1.39 bits per heavy atom. The molecule has 0 saturated carbocycles. The molecular weight excluding hydrogens is 250 g/mol. The Morgan fingerprint density at radius 3 is 2.72 bits per heavy atom. The summed E-state index contributed by atoms with van der Waals surface area (Å²) in [6, 6.07) is 0.